The lowest BCUT2D eigenvalue weighted by molar-refractivity contribution is 0.0848. The van der Waals surface area contributed by atoms with Crippen molar-refractivity contribution in [1.82, 2.24) is 4.72 Å². The van der Waals surface area contributed by atoms with Crippen molar-refractivity contribution in [2.45, 2.75) is 42.8 Å². The van der Waals surface area contributed by atoms with Crippen LogP contribution in [0.1, 0.15) is 24.8 Å². The van der Waals surface area contributed by atoms with Gasteiger partial charge in [0.05, 0.1) is 17.0 Å². The lowest BCUT2D eigenvalue weighted by Crippen LogP contribution is -2.41. The number of hydrogen-bond donors (Lipinski definition) is 2. The fraction of sp³-hybridized carbons (Fsp3) is 0.571. The number of nitrogens with one attached hydrogen (secondary N) is 1. The Morgan fingerprint density at radius 3 is 2.71 bits per heavy atom. The van der Waals surface area contributed by atoms with Gasteiger partial charge in [-0.25, -0.2) is 13.1 Å². The summed E-state index contributed by atoms with van der Waals surface area (Å²) in [6.45, 7) is 0.897. The Balaban J connectivity index is 1.78. The number of benzene rings is 1. The Morgan fingerprint density at radius 2 is 2.10 bits per heavy atom. The van der Waals surface area contributed by atoms with Gasteiger partial charge >= 0.3 is 0 Å². The van der Waals surface area contributed by atoms with E-state index >= 15 is 0 Å². The molecule has 1 saturated heterocycles. The highest BCUT2D eigenvalue weighted by atomic mass is 35.5. The summed E-state index contributed by atoms with van der Waals surface area (Å²) in [6, 6.07) is 4.50. The van der Waals surface area contributed by atoms with Gasteiger partial charge in [0.25, 0.3) is 0 Å². The highest BCUT2D eigenvalue weighted by molar-refractivity contribution is 7.89. The molecule has 1 aromatic carbocycles. The molecule has 1 aliphatic carbocycles. The van der Waals surface area contributed by atoms with Crippen LogP contribution >= 0.6 is 11.6 Å². The summed E-state index contributed by atoms with van der Waals surface area (Å²) in [5, 5.41) is 0.377. The Hall–Kier alpha value is -0.660. The Morgan fingerprint density at radius 1 is 1.33 bits per heavy atom. The molecule has 5 nitrogen and oxygen atoms in total. The topological polar surface area (TPSA) is 81.4 Å². The molecule has 21 heavy (non-hydrogen) atoms. The quantitative estimate of drug-likeness (QED) is 0.860. The molecule has 1 aliphatic heterocycles. The zero-order valence-electron chi connectivity index (χ0n) is 11.6. The Kier molecular flexibility index (Phi) is 4.25. The number of sulfonamides is 1. The molecule has 2 fully saturated rings. The maximum Gasteiger partial charge on any atom is 0.240 e. The predicted molar refractivity (Wildman–Crippen MR) is 80.5 cm³/mol. The van der Waals surface area contributed by atoms with E-state index in [0.29, 0.717) is 17.5 Å². The van der Waals surface area contributed by atoms with E-state index in [9.17, 15) is 8.42 Å². The molecule has 7 heteroatoms. The molecular formula is C14H19ClN2O3S. The number of nitrogens with two attached hydrogens (primary N) is 1. The first kappa shape index (κ1) is 15.2. The van der Waals surface area contributed by atoms with Crippen LogP contribution in [0.15, 0.2) is 23.1 Å². The van der Waals surface area contributed by atoms with Crippen molar-refractivity contribution in [3.8, 4) is 0 Å². The van der Waals surface area contributed by atoms with E-state index in [0.717, 1.165) is 24.8 Å². The molecule has 2 aliphatic rings. The molecule has 0 spiro atoms. The van der Waals surface area contributed by atoms with Crippen LogP contribution in [0, 0.1) is 5.92 Å². The lowest BCUT2D eigenvalue weighted by Gasteiger charge is -2.19. The highest BCUT2D eigenvalue weighted by Gasteiger charge is 2.42. The van der Waals surface area contributed by atoms with Crippen molar-refractivity contribution in [2.75, 3.05) is 6.61 Å². The van der Waals surface area contributed by atoms with Crippen LogP contribution in [0.25, 0.3) is 0 Å². The third kappa shape index (κ3) is 3.24. The molecule has 0 aromatic heterocycles. The minimum absolute atomic E-state index is 0.0126. The molecule has 0 amide bonds. The summed E-state index contributed by atoms with van der Waals surface area (Å²) >= 11 is 6.04. The largest absolute Gasteiger partial charge is 0.376 e. The predicted octanol–water partition coefficient (Wildman–Crippen LogP) is 1.64. The van der Waals surface area contributed by atoms with E-state index < -0.39 is 10.0 Å². The number of hydrogen-bond acceptors (Lipinski definition) is 4. The molecule has 1 heterocycles. The first-order chi connectivity index (χ1) is 10.0. The van der Waals surface area contributed by atoms with Crippen LogP contribution in [0.2, 0.25) is 5.02 Å². The summed E-state index contributed by atoms with van der Waals surface area (Å²) in [5.74, 6) is 0.503. The second-order valence-electron chi connectivity index (χ2n) is 5.65. The molecule has 0 bridgehead atoms. The summed E-state index contributed by atoms with van der Waals surface area (Å²) in [6.07, 6.45) is 2.98. The van der Waals surface area contributed by atoms with Crippen LogP contribution in [0.4, 0.5) is 0 Å². The van der Waals surface area contributed by atoms with Gasteiger partial charge in [-0.15, -0.1) is 0 Å². The molecular weight excluding hydrogens is 312 g/mol. The number of ether oxygens (including phenoxy) is 1. The highest BCUT2D eigenvalue weighted by Crippen LogP contribution is 2.39. The second-order valence-corrected chi connectivity index (χ2v) is 7.77. The van der Waals surface area contributed by atoms with Gasteiger partial charge < -0.3 is 10.5 Å². The maximum atomic E-state index is 12.5. The van der Waals surface area contributed by atoms with Crippen molar-refractivity contribution in [1.29, 1.82) is 0 Å². The van der Waals surface area contributed by atoms with E-state index in [1.54, 1.807) is 12.1 Å². The molecule has 1 saturated carbocycles. The second kappa shape index (κ2) is 5.85. The minimum atomic E-state index is -3.59. The molecule has 3 N–H and O–H groups in total. The molecule has 116 valence electrons. The zero-order chi connectivity index (χ0) is 15.0. The molecule has 2 unspecified atom stereocenters. The summed E-state index contributed by atoms with van der Waals surface area (Å²) in [4.78, 5) is 0.172. The molecule has 0 radical (unpaired) electrons. The number of rotatable bonds is 5. The molecule has 1 aromatic rings. The zero-order valence-corrected chi connectivity index (χ0v) is 13.2. The third-order valence-electron chi connectivity index (χ3n) is 4.08. The van der Waals surface area contributed by atoms with Gasteiger partial charge in [-0.3, -0.25) is 0 Å². The van der Waals surface area contributed by atoms with Crippen molar-refractivity contribution < 1.29 is 13.2 Å². The van der Waals surface area contributed by atoms with Crippen LogP contribution in [-0.4, -0.2) is 27.2 Å². The SMILES string of the molecule is NCc1ccc(S(=O)(=O)NC2CCOC2C2CC2)cc1Cl. The van der Waals surface area contributed by atoms with Crippen LogP contribution < -0.4 is 10.5 Å². The van der Waals surface area contributed by atoms with E-state index in [1.165, 1.54) is 6.07 Å². The fourth-order valence-corrected chi connectivity index (χ4v) is 4.38. The normalized spacial score (nSPS) is 26.2. The van der Waals surface area contributed by atoms with Crippen molar-refractivity contribution in [3.63, 3.8) is 0 Å². The summed E-state index contributed by atoms with van der Waals surface area (Å²) in [7, 11) is -3.59. The van der Waals surface area contributed by atoms with E-state index in [1.807, 2.05) is 0 Å². The monoisotopic (exact) mass is 330 g/mol. The third-order valence-corrected chi connectivity index (χ3v) is 5.92. The molecule has 3 rings (SSSR count). The van der Waals surface area contributed by atoms with E-state index in [4.69, 9.17) is 22.1 Å². The smallest absolute Gasteiger partial charge is 0.240 e. The van der Waals surface area contributed by atoms with Gasteiger partial charge in [0.2, 0.25) is 10.0 Å². The standard InChI is InChI=1S/C14H19ClN2O3S/c15-12-7-11(4-3-10(12)8-16)21(18,19)17-13-5-6-20-14(13)9-1-2-9/h3-4,7,9,13-14,17H,1-2,5-6,8,16H2. The average molecular weight is 331 g/mol. The fourth-order valence-electron chi connectivity index (χ4n) is 2.75. The Labute approximate surface area is 129 Å². The van der Waals surface area contributed by atoms with Gasteiger partial charge in [-0.05, 0) is 42.9 Å². The van der Waals surface area contributed by atoms with Gasteiger partial charge in [-0.2, -0.15) is 0 Å². The first-order valence-electron chi connectivity index (χ1n) is 7.13. The van der Waals surface area contributed by atoms with Crippen LogP contribution in [0.3, 0.4) is 0 Å². The number of halogens is 1. The van der Waals surface area contributed by atoms with Crippen molar-refractivity contribution >= 4 is 21.6 Å². The van der Waals surface area contributed by atoms with Gasteiger partial charge in [0.15, 0.2) is 0 Å². The minimum Gasteiger partial charge on any atom is -0.376 e. The van der Waals surface area contributed by atoms with Gasteiger partial charge in [0, 0.05) is 18.2 Å². The van der Waals surface area contributed by atoms with Gasteiger partial charge in [-0.1, -0.05) is 17.7 Å². The van der Waals surface area contributed by atoms with E-state index in [-0.39, 0.29) is 23.6 Å². The lowest BCUT2D eigenvalue weighted by atomic mass is 10.1. The van der Waals surface area contributed by atoms with Crippen LogP contribution in [-0.2, 0) is 21.3 Å². The average Bonchev–Trinajstić information content (AvgIpc) is 3.19. The van der Waals surface area contributed by atoms with Crippen molar-refractivity contribution in [2.24, 2.45) is 11.7 Å². The summed E-state index contributed by atoms with van der Waals surface area (Å²) in [5.41, 5.74) is 6.27. The van der Waals surface area contributed by atoms with E-state index in [2.05, 4.69) is 4.72 Å². The Bertz CT molecular complexity index is 631. The first-order valence-corrected chi connectivity index (χ1v) is 9.00. The maximum absolute atomic E-state index is 12.5. The van der Waals surface area contributed by atoms with Gasteiger partial charge in [0.1, 0.15) is 0 Å². The van der Waals surface area contributed by atoms with Crippen LogP contribution in [0.5, 0.6) is 0 Å². The molecule has 2 atom stereocenters. The van der Waals surface area contributed by atoms with Crippen molar-refractivity contribution in [3.05, 3.63) is 28.8 Å². The summed E-state index contributed by atoms with van der Waals surface area (Å²) < 4.78 is 33.4.